The number of nitrogens with one attached hydrogen (secondary N) is 1. The monoisotopic (exact) mass is 420 g/mol. The Morgan fingerprint density at radius 3 is 2.53 bits per heavy atom. The zero-order chi connectivity index (χ0) is 21.3. The van der Waals surface area contributed by atoms with E-state index in [0.717, 1.165) is 28.8 Å². The van der Waals surface area contributed by atoms with Crippen molar-refractivity contribution in [3.05, 3.63) is 89.0 Å². The van der Waals surface area contributed by atoms with Gasteiger partial charge in [-0.25, -0.2) is 8.42 Å². The molecule has 0 aromatic heterocycles. The van der Waals surface area contributed by atoms with Crippen molar-refractivity contribution < 1.29 is 13.2 Å². The summed E-state index contributed by atoms with van der Waals surface area (Å²) in [6.07, 6.45) is 1.40. The Kier molecular flexibility index (Phi) is 5.35. The third kappa shape index (κ3) is 3.59. The molecule has 0 atom stereocenters. The van der Waals surface area contributed by atoms with Crippen LogP contribution in [0.3, 0.4) is 0 Å². The largest absolute Gasteiger partial charge is 0.321 e. The van der Waals surface area contributed by atoms with E-state index >= 15 is 0 Å². The summed E-state index contributed by atoms with van der Waals surface area (Å²) in [7, 11) is -3.62. The van der Waals surface area contributed by atoms with Crippen molar-refractivity contribution >= 4 is 27.3 Å². The molecule has 0 saturated heterocycles. The normalized spacial score (nSPS) is 13.2. The predicted octanol–water partition coefficient (Wildman–Crippen LogP) is 4.56. The van der Waals surface area contributed by atoms with Gasteiger partial charge in [-0.15, -0.1) is 0 Å². The number of fused-ring (bicyclic) bond motifs is 1. The fourth-order valence-corrected chi connectivity index (χ4v) is 5.39. The van der Waals surface area contributed by atoms with Gasteiger partial charge in [-0.1, -0.05) is 43.3 Å². The number of carbonyl (C=O) groups is 1. The zero-order valence-corrected chi connectivity index (χ0v) is 17.9. The molecule has 1 aliphatic heterocycles. The number of para-hydroxylation sites is 1. The molecule has 0 unspecified atom stereocenters. The van der Waals surface area contributed by atoms with Gasteiger partial charge in [0.1, 0.15) is 0 Å². The van der Waals surface area contributed by atoms with E-state index in [1.165, 1.54) is 4.31 Å². The van der Waals surface area contributed by atoms with Crippen LogP contribution in [0.2, 0.25) is 0 Å². The number of sulfonamides is 1. The molecular weight excluding hydrogens is 396 g/mol. The molecule has 0 bridgehead atoms. The van der Waals surface area contributed by atoms with Gasteiger partial charge in [0.15, 0.2) is 0 Å². The number of carbonyl (C=O) groups excluding carboxylic acids is 1. The summed E-state index contributed by atoms with van der Waals surface area (Å²) < 4.78 is 27.5. The number of amides is 1. The summed E-state index contributed by atoms with van der Waals surface area (Å²) in [5.41, 5.74) is 4.98. The number of hydrogen-bond donors (Lipinski definition) is 1. The van der Waals surface area contributed by atoms with Crippen LogP contribution in [0.1, 0.15) is 34.0 Å². The van der Waals surface area contributed by atoms with Crippen LogP contribution < -0.4 is 9.62 Å². The number of aryl methyl sites for hydroxylation is 2. The van der Waals surface area contributed by atoms with Gasteiger partial charge in [-0.05, 0) is 66.8 Å². The summed E-state index contributed by atoms with van der Waals surface area (Å²) in [5.74, 6) is -0.189. The van der Waals surface area contributed by atoms with Gasteiger partial charge in [0.05, 0.1) is 10.6 Å². The third-order valence-corrected chi connectivity index (χ3v) is 7.33. The van der Waals surface area contributed by atoms with Crippen molar-refractivity contribution in [2.24, 2.45) is 0 Å². The van der Waals surface area contributed by atoms with Gasteiger partial charge in [-0.3, -0.25) is 9.10 Å². The van der Waals surface area contributed by atoms with Crippen LogP contribution in [0.25, 0.3) is 0 Å². The van der Waals surface area contributed by atoms with Gasteiger partial charge in [0.2, 0.25) is 0 Å². The Hall–Kier alpha value is -3.12. The minimum Gasteiger partial charge on any atom is -0.321 e. The van der Waals surface area contributed by atoms with Crippen LogP contribution in [0.15, 0.2) is 71.6 Å². The summed E-state index contributed by atoms with van der Waals surface area (Å²) in [6, 6.07) is 19.6. The highest BCUT2D eigenvalue weighted by Crippen LogP contribution is 2.34. The quantitative estimate of drug-likeness (QED) is 0.658. The number of rotatable bonds is 5. The maximum absolute atomic E-state index is 13.0. The van der Waals surface area contributed by atoms with E-state index in [2.05, 4.69) is 12.2 Å². The Balaban J connectivity index is 1.61. The second-order valence-electron chi connectivity index (χ2n) is 7.40. The first-order valence-electron chi connectivity index (χ1n) is 10.0. The Morgan fingerprint density at radius 2 is 1.80 bits per heavy atom. The maximum Gasteiger partial charge on any atom is 0.264 e. The first-order chi connectivity index (χ1) is 14.4. The molecule has 0 aliphatic carbocycles. The van der Waals surface area contributed by atoms with Crippen molar-refractivity contribution in [3.8, 4) is 0 Å². The van der Waals surface area contributed by atoms with Gasteiger partial charge >= 0.3 is 0 Å². The number of nitrogens with zero attached hydrogens (tertiary/aromatic N) is 1. The molecule has 1 heterocycles. The molecule has 0 spiro atoms. The van der Waals surface area contributed by atoms with Crippen LogP contribution in [-0.4, -0.2) is 20.9 Å². The predicted molar refractivity (Wildman–Crippen MR) is 120 cm³/mol. The number of hydrogen-bond acceptors (Lipinski definition) is 3. The van der Waals surface area contributed by atoms with E-state index in [9.17, 15) is 13.2 Å². The summed E-state index contributed by atoms with van der Waals surface area (Å²) in [5, 5.41) is 3.03. The average molecular weight is 421 g/mol. The van der Waals surface area contributed by atoms with E-state index in [1.54, 1.807) is 48.5 Å². The minimum absolute atomic E-state index is 0.189. The molecule has 0 saturated carbocycles. The summed E-state index contributed by atoms with van der Waals surface area (Å²) >= 11 is 0. The average Bonchev–Trinajstić information content (AvgIpc) is 3.20. The Labute approximate surface area is 177 Å². The first kappa shape index (κ1) is 20.2. The number of anilines is 2. The molecule has 5 nitrogen and oxygen atoms in total. The lowest BCUT2D eigenvalue weighted by Crippen LogP contribution is -2.29. The molecular formula is C24H24N2O3S. The second kappa shape index (κ2) is 7.95. The molecule has 3 aromatic carbocycles. The van der Waals surface area contributed by atoms with E-state index in [0.29, 0.717) is 24.2 Å². The van der Waals surface area contributed by atoms with Crippen LogP contribution in [-0.2, 0) is 22.9 Å². The highest BCUT2D eigenvalue weighted by atomic mass is 32.2. The van der Waals surface area contributed by atoms with Gasteiger partial charge in [0.25, 0.3) is 15.9 Å². The van der Waals surface area contributed by atoms with E-state index in [4.69, 9.17) is 0 Å². The number of benzene rings is 3. The SMILES string of the molecule is CCc1cccc(C)c1NC(=O)c1ccc2c(c1)CCN2S(=O)(=O)c1ccccc1. The van der Waals surface area contributed by atoms with Crippen molar-refractivity contribution in [2.45, 2.75) is 31.6 Å². The fourth-order valence-electron chi connectivity index (χ4n) is 3.87. The molecule has 0 radical (unpaired) electrons. The molecule has 30 heavy (non-hydrogen) atoms. The Bertz CT molecular complexity index is 1200. The minimum atomic E-state index is -3.62. The highest BCUT2D eigenvalue weighted by molar-refractivity contribution is 7.92. The standard InChI is InChI=1S/C24H24N2O3S/c1-3-18-9-7-8-17(2)23(18)25-24(27)20-12-13-22-19(16-20)14-15-26(22)30(28,29)21-10-5-4-6-11-21/h4-13,16H,3,14-15H2,1-2H3,(H,25,27). The van der Waals surface area contributed by atoms with Gasteiger partial charge < -0.3 is 5.32 Å². The first-order valence-corrected chi connectivity index (χ1v) is 11.5. The van der Waals surface area contributed by atoms with Gasteiger partial charge in [-0.2, -0.15) is 0 Å². The fraction of sp³-hybridized carbons (Fsp3) is 0.208. The summed E-state index contributed by atoms with van der Waals surface area (Å²) in [6.45, 7) is 4.40. The molecule has 6 heteroatoms. The molecule has 1 aliphatic rings. The van der Waals surface area contributed by atoms with Crippen molar-refractivity contribution in [2.75, 3.05) is 16.2 Å². The lowest BCUT2D eigenvalue weighted by molar-refractivity contribution is 0.102. The van der Waals surface area contributed by atoms with Gasteiger partial charge in [0, 0.05) is 17.8 Å². The molecule has 154 valence electrons. The lowest BCUT2D eigenvalue weighted by atomic mass is 10.0. The molecule has 1 N–H and O–H groups in total. The topological polar surface area (TPSA) is 66.5 Å². The Morgan fingerprint density at radius 1 is 1.03 bits per heavy atom. The van der Waals surface area contributed by atoms with Crippen molar-refractivity contribution in [1.82, 2.24) is 0 Å². The van der Waals surface area contributed by atoms with Crippen molar-refractivity contribution in [1.29, 1.82) is 0 Å². The van der Waals surface area contributed by atoms with Crippen LogP contribution in [0.4, 0.5) is 11.4 Å². The van der Waals surface area contributed by atoms with Crippen LogP contribution in [0.5, 0.6) is 0 Å². The van der Waals surface area contributed by atoms with Crippen LogP contribution >= 0.6 is 0 Å². The molecule has 3 aromatic rings. The van der Waals surface area contributed by atoms with E-state index in [1.807, 2.05) is 25.1 Å². The van der Waals surface area contributed by atoms with E-state index < -0.39 is 10.0 Å². The van der Waals surface area contributed by atoms with Crippen molar-refractivity contribution in [3.63, 3.8) is 0 Å². The smallest absolute Gasteiger partial charge is 0.264 e. The maximum atomic E-state index is 13.0. The van der Waals surface area contributed by atoms with E-state index in [-0.39, 0.29) is 10.8 Å². The zero-order valence-electron chi connectivity index (χ0n) is 17.1. The molecule has 4 rings (SSSR count). The third-order valence-electron chi connectivity index (χ3n) is 5.50. The second-order valence-corrected chi connectivity index (χ2v) is 9.26. The molecule has 1 amide bonds. The lowest BCUT2D eigenvalue weighted by Gasteiger charge is -2.20. The summed E-state index contributed by atoms with van der Waals surface area (Å²) in [4.78, 5) is 13.2. The molecule has 0 fully saturated rings. The highest BCUT2D eigenvalue weighted by Gasteiger charge is 2.31. The van der Waals surface area contributed by atoms with Crippen LogP contribution in [0, 0.1) is 6.92 Å².